The lowest BCUT2D eigenvalue weighted by molar-refractivity contribution is -0.140. The molecule has 3 aromatic rings. The lowest BCUT2D eigenvalue weighted by Gasteiger charge is -2.43. The summed E-state index contributed by atoms with van der Waals surface area (Å²) in [5.41, 5.74) is 2.28. The van der Waals surface area contributed by atoms with Crippen molar-refractivity contribution < 1.29 is 23.5 Å². The second kappa shape index (κ2) is 12.6. The van der Waals surface area contributed by atoms with E-state index in [1.807, 2.05) is 35.2 Å². The van der Waals surface area contributed by atoms with Crippen LogP contribution in [-0.2, 0) is 14.3 Å². The maximum atomic E-state index is 15.5. The van der Waals surface area contributed by atoms with Crippen LogP contribution < -0.4 is 9.64 Å². The maximum absolute atomic E-state index is 15.5. The van der Waals surface area contributed by atoms with Gasteiger partial charge in [-0.2, -0.15) is 0 Å². The molecule has 1 atom stereocenters. The molecule has 0 saturated heterocycles. The molecule has 3 aromatic carbocycles. The van der Waals surface area contributed by atoms with Gasteiger partial charge < -0.3 is 19.3 Å². The lowest BCUT2D eigenvalue weighted by atomic mass is 9.76. The number of benzene rings is 3. The number of hydrogen-bond donors (Lipinski definition) is 0. The molecule has 2 heterocycles. The van der Waals surface area contributed by atoms with Crippen molar-refractivity contribution in [3.8, 4) is 5.75 Å². The van der Waals surface area contributed by atoms with Crippen molar-refractivity contribution in [1.29, 1.82) is 0 Å². The summed E-state index contributed by atoms with van der Waals surface area (Å²) in [4.78, 5) is 31.3. The average Bonchev–Trinajstić information content (AvgIpc) is 2.98. The standard InChI is InChI=1S/C31H25Cl4FN2O4/c1-17-25(31(40)42-14-13-41-24-10-6-9-19(32)29(24)34)28(26-21(36)12-11-20(33)30(26)35)27-22(37(17)2)15-38(16-23(27)39)18-7-4-3-5-8-18/h3-12,28H,13-16H2,1-2H3. The Morgan fingerprint density at radius 1 is 0.929 bits per heavy atom. The minimum Gasteiger partial charge on any atom is -0.488 e. The highest BCUT2D eigenvalue weighted by Crippen LogP contribution is 2.48. The molecule has 5 rings (SSSR count). The van der Waals surface area contributed by atoms with Crippen LogP contribution in [0.2, 0.25) is 20.1 Å². The van der Waals surface area contributed by atoms with Gasteiger partial charge in [0.2, 0.25) is 0 Å². The number of allylic oxidation sites excluding steroid dienone is 1. The smallest absolute Gasteiger partial charge is 0.336 e. The van der Waals surface area contributed by atoms with Crippen LogP contribution in [-0.4, -0.2) is 50.0 Å². The summed E-state index contributed by atoms with van der Waals surface area (Å²) >= 11 is 25.1. The number of rotatable bonds is 7. The third kappa shape index (κ3) is 5.71. The zero-order valence-corrected chi connectivity index (χ0v) is 25.6. The number of likely N-dealkylation sites (N-methyl/N-ethyl adjacent to an activating group) is 1. The second-order valence-corrected chi connectivity index (χ2v) is 11.3. The first-order chi connectivity index (χ1) is 20.1. The molecule has 218 valence electrons. The van der Waals surface area contributed by atoms with E-state index in [2.05, 4.69) is 0 Å². The fourth-order valence-corrected chi connectivity index (χ4v) is 6.01. The van der Waals surface area contributed by atoms with Crippen molar-refractivity contribution in [3.63, 3.8) is 0 Å². The van der Waals surface area contributed by atoms with Gasteiger partial charge in [-0.3, -0.25) is 4.79 Å². The summed E-state index contributed by atoms with van der Waals surface area (Å²) in [5.74, 6) is -2.51. The Morgan fingerprint density at radius 3 is 2.38 bits per heavy atom. The monoisotopic (exact) mass is 648 g/mol. The molecule has 0 aromatic heterocycles. The molecule has 0 bridgehead atoms. The Hall–Kier alpha value is -3.23. The third-order valence-electron chi connectivity index (χ3n) is 7.36. The van der Waals surface area contributed by atoms with Gasteiger partial charge in [0, 0.05) is 35.3 Å². The van der Waals surface area contributed by atoms with Crippen LogP contribution in [0, 0.1) is 5.82 Å². The number of ether oxygens (including phenoxy) is 2. The van der Waals surface area contributed by atoms with Crippen LogP contribution in [0.4, 0.5) is 10.1 Å². The van der Waals surface area contributed by atoms with Crippen LogP contribution >= 0.6 is 46.4 Å². The first kappa shape index (κ1) is 30.2. The van der Waals surface area contributed by atoms with E-state index < -0.39 is 17.7 Å². The number of carbonyl (C=O) groups is 2. The van der Waals surface area contributed by atoms with Crippen LogP contribution in [0.15, 0.2) is 83.2 Å². The predicted octanol–water partition coefficient (Wildman–Crippen LogP) is 7.71. The minimum absolute atomic E-state index is 0.0240. The van der Waals surface area contributed by atoms with E-state index in [0.717, 1.165) is 5.69 Å². The number of ketones is 1. The molecule has 6 nitrogen and oxygen atoms in total. The summed E-state index contributed by atoms with van der Waals surface area (Å²) in [7, 11) is 1.76. The largest absolute Gasteiger partial charge is 0.488 e. The molecule has 42 heavy (non-hydrogen) atoms. The molecule has 0 saturated carbocycles. The highest BCUT2D eigenvalue weighted by molar-refractivity contribution is 6.43. The van der Waals surface area contributed by atoms with Gasteiger partial charge in [-0.15, -0.1) is 0 Å². The third-order valence-corrected chi connectivity index (χ3v) is 8.98. The van der Waals surface area contributed by atoms with E-state index in [9.17, 15) is 9.59 Å². The van der Waals surface area contributed by atoms with E-state index in [1.165, 1.54) is 12.1 Å². The molecule has 0 fully saturated rings. The molecule has 11 heteroatoms. The number of nitrogens with zero attached hydrogens (tertiary/aromatic N) is 2. The van der Waals surface area contributed by atoms with Gasteiger partial charge in [-0.25, -0.2) is 9.18 Å². The van der Waals surface area contributed by atoms with Gasteiger partial charge in [0.25, 0.3) is 0 Å². The fraction of sp³-hybridized carbons (Fsp3) is 0.226. The van der Waals surface area contributed by atoms with E-state index in [4.69, 9.17) is 55.9 Å². The molecule has 2 aliphatic rings. The Kier molecular flexibility index (Phi) is 9.04. The Labute approximate surface area is 262 Å². The molecule has 0 aliphatic carbocycles. The van der Waals surface area contributed by atoms with Crippen molar-refractivity contribution in [2.24, 2.45) is 0 Å². The maximum Gasteiger partial charge on any atom is 0.336 e. The second-order valence-electron chi connectivity index (χ2n) is 9.76. The van der Waals surface area contributed by atoms with Gasteiger partial charge in [0.15, 0.2) is 5.78 Å². The number of hydrogen-bond acceptors (Lipinski definition) is 6. The summed E-state index contributed by atoms with van der Waals surface area (Å²) < 4.78 is 26.8. The zero-order chi connectivity index (χ0) is 30.1. The summed E-state index contributed by atoms with van der Waals surface area (Å²) in [6, 6.07) is 17.0. The predicted molar refractivity (Wildman–Crippen MR) is 163 cm³/mol. The van der Waals surface area contributed by atoms with Crippen LogP contribution in [0.3, 0.4) is 0 Å². The van der Waals surface area contributed by atoms with E-state index in [1.54, 1.807) is 37.1 Å². The van der Waals surface area contributed by atoms with E-state index >= 15 is 4.39 Å². The first-order valence-corrected chi connectivity index (χ1v) is 14.5. The Balaban J connectivity index is 1.50. The molecular weight excluding hydrogens is 625 g/mol. The van der Waals surface area contributed by atoms with Crippen LogP contribution in [0.1, 0.15) is 18.4 Å². The molecule has 0 N–H and O–H groups in total. The quantitative estimate of drug-likeness (QED) is 0.148. The fourth-order valence-electron chi connectivity index (χ4n) is 5.23. The zero-order valence-electron chi connectivity index (χ0n) is 22.6. The van der Waals surface area contributed by atoms with Crippen molar-refractivity contribution in [1.82, 2.24) is 4.90 Å². The van der Waals surface area contributed by atoms with Crippen LogP contribution in [0.25, 0.3) is 0 Å². The number of carbonyl (C=O) groups excluding carboxylic acids is 2. The normalized spacial score (nSPS) is 17.0. The highest BCUT2D eigenvalue weighted by Gasteiger charge is 2.44. The highest BCUT2D eigenvalue weighted by atomic mass is 35.5. The average molecular weight is 650 g/mol. The van der Waals surface area contributed by atoms with E-state index in [0.29, 0.717) is 28.7 Å². The molecule has 0 radical (unpaired) electrons. The van der Waals surface area contributed by atoms with Gasteiger partial charge in [-0.1, -0.05) is 70.7 Å². The SMILES string of the molecule is CC1=C(C(=O)OCCOc2cccc(Cl)c2Cl)C(c2c(F)ccc(Cl)c2Cl)C2=C(CN(c3ccccc3)CC2=O)N1C. The number of anilines is 1. The van der Waals surface area contributed by atoms with Gasteiger partial charge >= 0.3 is 5.97 Å². The van der Waals surface area contributed by atoms with Crippen molar-refractivity contribution >= 4 is 63.8 Å². The first-order valence-electron chi connectivity index (χ1n) is 13.0. The van der Waals surface area contributed by atoms with Crippen molar-refractivity contribution in [2.75, 3.05) is 38.3 Å². The van der Waals surface area contributed by atoms with Gasteiger partial charge in [0.1, 0.15) is 29.8 Å². The molecule has 0 amide bonds. The van der Waals surface area contributed by atoms with Gasteiger partial charge in [-0.05, 0) is 43.3 Å². The molecule has 1 unspecified atom stereocenters. The number of esters is 1. The molecular formula is C31H25Cl4FN2O4. The summed E-state index contributed by atoms with van der Waals surface area (Å²) in [6.07, 6.45) is 0. The van der Waals surface area contributed by atoms with Crippen molar-refractivity contribution in [3.05, 3.63) is 115 Å². The number of para-hydroxylation sites is 1. The van der Waals surface area contributed by atoms with Crippen molar-refractivity contribution in [2.45, 2.75) is 12.8 Å². The Morgan fingerprint density at radius 2 is 1.64 bits per heavy atom. The summed E-state index contributed by atoms with van der Waals surface area (Å²) in [6.45, 7) is 1.93. The number of halogens is 5. The molecule has 2 aliphatic heterocycles. The van der Waals surface area contributed by atoms with Crippen LogP contribution in [0.5, 0.6) is 5.75 Å². The minimum atomic E-state index is -1.14. The Bertz CT molecular complexity index is 1630. The van der Waals surface area contributed by atoms with E-state index in [-0.39, 0.29) is 57.3 Å². The molecule has 0 spiro atoms. The lowest BCUT2D eigenvalue weighted by Crippen LogP contribution is -2.46. The summed E-state index contributed by atoms with van der Waals surface area (Å²) in [5, 5.41) is 0.588. The number of Topliss-reactive ketones (excluding diaryl/α,β-unsaturated/α-hetero) is 1. The van der Waals surface area contributed by atoms with Gasteiger partial charge in [0.05, 0.1) is 39.6 Å². The topological polar surface area (TPSA) is 59.1 Å².